The lowest BCUT2D eigenvalue weighted by Gasteiger charge is -2.07. The summed E-state index contributed by atoms with van der Waals surface area (Å²) in [4.78, 5) is 34.5. The molecule has 0 radical (unpaired) electrons. The van der Waals surface area contributed by atoms with Crippen LogP contribution in [0.1, 0.15) is 12.5 Å². The fourth-order valence-electron chi connectivity index (χ4n) is 2.04. The Bertz CT molecular complexity index is 860. The van der Waals surface area contributed by atoms with E-state index in [1.807, 2.05) is 0 Å². The van der Waals surface area contributed by atoms with Gasteiger partial charge in [0, 0.05) is 40.0 Å². The molecule has 2 aromatic rings. The molecule has 0 bridgehead atoms. The second-order valence-electron chi connectivity index (χ2n) is 5.38. The average Bonchev–Trinajstić information content (AvgIpc) is 2.61. The van der Waals surface area contributed by atoms with E-state index in [4.69, 9.17) is 27.9 Å². The highest BCUT2D eigenvalue weighted by Crippen LogP contribution is 2.25. The van der Waals surface area contributed by atoms with Crippen LogP contribution in [-0.4, -0.2) is 24.4 Å². The summed E-state index contributed by atoms with van der Waals surface area (Å²) in [6, 6.07) is 11.5. The van der Waals surface area contributed by atoms with Gasteiger partial charge in [-0.25, -0.2) is 4.79 Å². The monoisotopic (exact) mass is 406 g/mol. The van der Waals surface area contributed by atoms with E-state index in [1.165, 1.54) is 13.0 Å². The second-order valence-corrected chi connectivity index (χ2v) is 6.20. The summed E-state index contributed by atoms with van der Waals surface area (Å²) >= 11 is 12.0. The maximum atomic E-state index is 11.8. The average molecular weight is 407 g/mol. The van der Waals surface area contributed by atoms with E-state index in [-0.39, 0.29) is 5.91 Å². The number of hydrogen-bond acceptors (Lipinski definition) is 4. The maximum Gasteiger partial charge on any atom is 0.331 e. The Balaban J connectivity index is 1.83. The first-order valence-corrected chi connectivity index (χ1v) is 8.57. The highest BCUT2D eigenvalue weighted by molar-refractivity contribution is 6.37. The lowest BCUT2D eigenvalue weighted by atomic mass is 10.2. The van der Waals surface area contributed by atoms with Crippen molar-refractivity contribution in [3.8, 4) is 0 Å². The molecule has 0 aliphatic rings. The normalized spacial score (nSPS) is 10.5. The van der Waals surface area contributed by atoms with Gasteiger partial charge in [0.15, 0.2) is 6.61 Å². The van der Waals surface area contributed by atoms with Crippen molar-refractivity contribution in [2.24, 2.45) is 0 Å². The molecule has 0 spiro atoms. The van der Waals surface area contributed by atoms with Gasteiger partial charge >= 0.3 is 5.97 Å². The van der Waals surface area contributed by atoms with E-state index >= 15 is 0 Å². The highest BCUT2D eigenvalue weighted by Gasteiger charge is 2.07. The fourth-order valence-corrected chi connectivity index (χ4v) is 2.57. The van der Waals surface area contributed by atoms with Crippen LogP contribution in [0, 0.1) is 0 Å². The Hall–Kier alpha value is -2.83. The van der Waals surface area contributed by atoms with Crippen LogP contribution in [0.25, 0.3) is 6.08 Å². The largest absolute Gasteiger partial charge is 0.452 e. The number of rotatable bonds is 6. The number of esters is 1. The minimum absolute atomic E-state index is 0.190. The number of carbonyl (C=O) groups excluding carboxylic acids is 3. The van der Waals surface area contributed by atoms with E-state index < -0.39 is 18.5 Å². The van der Waals surface area contributed by atoms with Gasteiger partial charge in [-0.05, 0) is 42.5 Å². The van der Waals surface area contributed by atoms with Crippen molar-refractivity contribution in [1.29, 1.82) is 0 Å². The molecular weight excluding hydrogens is 391 g/mol. The molecule has 0 unspecified atom stereocenters. The molecule has 0 heterocycles. The van der Waals surface area contributed by atoms with Gasteiger partial charge in [0.2, 0.25) is 5.91 Å². The van der Waals surface area contributed by atoms with Gasteiger partial charge in [0.25, 0.3) is 5.91 Å². The van der Waals surface area contributed by atoms with E-state index in [0.717, 1.165) is 6.08 Å². The van der Waals surface area contributed by atoms with Crippen molar-refractivity contribution in [3.63, 3.8) is 0 Å². The van der Waals surface area contributed by atoms with Crippen LogP contribution in [0.3, 0.4) is 0 Å². The summed E-state index contributed by atoms with van der Waals surface area (Å²) < 4.78 is 4.87. The van der Waals surface area contributed by atoms with Gasteiger partial charge in [-0.1, -0.05) is 29.3 Å². The van der Waals surface area contributed by atoms with Crippen LogP contribution in [0.5, 0.6) is 0 Å². The number of carbonyl (C=O) groups is 3. The Labute approximate surface area is 166 Å². The lowest BCUT2D eigenvalue weighted by Crippen LogP contribution is -2.20. The zero-order chi connectivity index (χ0) is 19.8. The van der Waals surface area contributed by atoms with Gasteiger partial charge in [-0.15, -0.1) is 0 Å². The molecule has 2 amide bonds. The van der Waals surface area contributed by atoms with Crippen LogP contribution in [0.4, 0.5) is 11.4 Å². The molecule has 0 saturated carbocycles. The molecule has 8 heteroatoms. The fraction of sp³-hybridized carbons (Fsp3) is 0.105. The first-order valence-electron chi connectivity index (χ1n) is 7.81. The molecule has 2 aromatic carbocycles. The van der Waals surface area contributed by atoms with E-state index in [2.05, 4.69) is 10.6 Å². The van der Waals surface area contributed by atoms with Crippen LogP contribution in [0.15, 0.2) is 48.5 Å². The van der Waals surface area contributed by atoms with Crippen LogP contribution in [-0.2, 0) is 19.1 Å². The zero-order valence-corrected chi connectivity index (χ0v) is 15.8. The smallest absolute Gasteiger partial charge is 0.331 e. The molecule has 0 fully saturated rings. The maximum absolute atomic E-state index is 11.8. The minimum atomic E-state index is -0.706. The van der Waals surface area contributed by atoms with Gasteiger partial charge in [-0.3, -0.25) is 9.59 Å². The number of benzene rings is 2. The van der Waals surface area contributed by atoms with E-state index in [1.54, 1.807) is 42.5 Å². The first kappa shape index (κ1) is 20.5. The Kier molecular flexibility index (Phi) is 7.40. The number of anilines is 2. The number of ether oxygens (including phenoxy) is 1. The van der Waals surface area contributed by atoms with Crippen molar-refractivity contribution in [2.75, 3.05) is 17.2 Å². The first-order chi connectivity index (χ1) is 12.8. The Morgan fingerprint density at radius 3 is 2.07 bits per heavy atom. The van der Waals surface area contributed by atoms with Crippen molar-refractivity contribution >= 4 is 58.4 Å². The number of amides is 2. The Morgan fingerprint density at radius 2 is 1.52 bits per heavy atom. The topological polar surface area (TPSA) is 84.5 Å². The third-order valence-electron chi connectivity index (χ3n) is 3.22. The van der Waals surface area contributed by atoms with Crippen molar-refractivity contribution in [2.45, 2.75) is 6.92 Å². The third kappa shape index (κ3) is 6.77. The molecule has 27 heavy (non-hydrogen) atoms. The highest BCUT2D eigenvalue weighted by atomic mass is 35.5. The summed E-state index contributed by atoms with van der Waals surface area (Å²) in [5.41, 5.74) is 1.60. The van der Waals surface area contributed by atoms with Crippen LogP contribution in [0.2, 0.25) is 10.0 Å². The van der Waals surface area contributed by atoms with Crippen LogP contribution >= 0.6 is 23.2 Å². The van der Waals surface area contributed by atoms with Gasteiger partial charge in [-0.2, -0.15) is 0 Å². The molecule has 6 nitrogen and oxygen atoms in total. The van der Waals surface area contributed by atoms with Crippen molar-refractivity contribution in [1.82, 2.24) is 0 Å². The number of nitrogens with one attached hydrogen (secondary N) is 2. The molecular formula is C19H16Cl2N2O4. The van der Waals surface area contributed by atoms with Crippen molar-refractivity contribution < 1.29 is 19.1 Å². The Morgan fingerprint density at radius 1 is 0.963 bits per heavy atom. The lowest BCUT2D eigenvalue weighted by molar-refractivity contribution is -0.142. The summed E-state index contributed by atoms with van der Waals surface area (Å²) in [6.07, 6.45) is 2.56. The molecule has 0 atom stereocenters. The zero-order valence-electron chi connectivity index (χ0n) is 14.3. The summed E-state index contributed by atoms with van der Waals surface area (Å²) in [5.74, 6) is -1.40. The quantitative estimate of drug-likeness (QED) is 0.557. The predicted molar refractivity (Wildman–Crippen MR) is 106 cm³/mol. The van der Waals surface area contributed by atoms with Gasteiger partial charge in [0.1, 0.15) is 0 Å². The number of hydrogen-bond donors (Lipinski definition) is 2. The molecule has 2 rings (SSSR count). The summed E-state index contributed by atoms with van der Waals surface area (Å²) in [7, 11) is 0. The van der Waals surface area contributed by atoms with E-state index in [0.29, 0.717) is 27.0 Å². The molecule has 140 valence electrons. The van der Waals surface area contributed by atoms with Gasteiger partial charge < -0.3 is 15.4 Å². The summed E-state index contributed by atoms with van der Waals surface area (Å²) in [6.45, 7) is 0.949. The number of halogens is 2. The van der Waals surface area contributed by atoms with Crippen molar-refractivity contribution in [3.05, 3.63) is 64.1 Å². The second kappa shape index (κ2) is 9.75. The predicted octanol–water partition coefficient (Wildman–Crippen LogP) is 4.15. The minimum Gasteiger partial charge on any atom is -0.452 e. The molecule has 0 aromatic heterocycles. The SMILES string of the molecule is CC(=O)Nc1ccc(NC(=O)COC(=O)/C=C/c2c(Cl)cccc2Cl)cc1. The third-order valence-corrected chi connectivity index (χ3v) is 3.88. The molecule has 0 aliphatic carbocycles. The standard InChI is InChI=1S/C19H16Cl2N2O4/c1-12(24)22-13-5-7-14(8-6-13)23-18(25)11-27-19(26)10-9-15-16(20)3-2-4-17(15)21/h2-10H,11H2,1H3,(H,22,24)(H,23,25)/b10-9+. The van der Waals surface area contributed by atoms with E-state index in [9.17, 15) is 14.4 Å². The molecule has 2 N–H and O–H groups in total. The van der Waals surface area contributed by atoms with Crippen LogP contribution < -0.4 is 10.6 Å². The molecule has 0 saturated heterocycles. The summed E-state index contributed by atoms with van der Waals surface area (Å²) in [5, 5.41) is 5.98. The molecule has 0 aliphatic heterocycles. The van der Waals surface area contributed by atoms with Gasteiger partial charge in [0.05, 0.1) is 0 Å².